The third kappa shape index (κ3) is 6.43. The van der Waals surface area contributed by atoms with Crippen molar-refractivity contribution in [3.8, 4) is 11.5 Å². The Hall–Kier alpha value is -4.18. The summed E-state index contributed by atoms with van der Waals surface area (Å²) in [5.41, 5.74) is 1.23. The Morgan fingerprint density at radius 3 is 2.20 bits per heavy atom. The summed E-state index contributed by atoms with van der Waals surface area (Å²) in [4.78, 5) is 45.4. The van der Waals surface area contributed by atoms with E-state index in [1.807, 2.05) is 6.92 Å². The van der Waals surface area contributed by atoms with E-state index in [-0.39, 0.29) is 27.9 Å². The predicted molar refractivity (Wildman–Crippen MR) is 157 cm³/mol. The van der Waals surface area contributed by atoms with Gasteiger partial charge >= 0.3 is 11.9 Å². The second kappa shape index (κ2) is 13.5. The zero-order chi connectivity index (χ0) is 29.5. The maximum atomic E-state index is 13.5. The SMILES string of the molecule is CCCCOc1ccc(C(O)=C2C(=O)C(=O)N(c3nc(C)c(C(=O)OCC)s3)[C@@H]2c2ccc(OCCC)cc2)cc1. The summed E-state index contributed by atoms with van der Waals surface area (Å²) in [5.74, 6) is -1.30. The van der Waals surface area contributed by atoms with Gasteiger partial charge < -0.3 is 19.3 Å². The van der Waals surface area contributed by atoms with Gasteiger partial charge in [0.05, 0.1) is 37.1 Å². The van der Waals surface area contributed by atoms with Crippen molar-refractivity contribution in [1.29, 1.82) is 0 Å². The molecule has 0 aliphatic carbocycles. The van der Waals surface area contributed by atoms with Gasteiger partial charge in [0.25, 0.3) is 5.78 Å². The number of aryl methyl sites for hydroxylation is 1. The quantitative estimate of drug-likeness (QED) is 0.0885. The number of hydrogen-bond donors (Lipinski definition) is 1. The van der Waals surface area contributed by atoms with E-state index in [0.29, 0.717) is 41.5 Å². The Balaban J connectivity index is 1.79. The third-order valence-corrected chi connectivity index (χ3v) is 7.60. The molecule has 0 radical (unpaired) electrons. The largest absolute Gasteiger partial charge is 0.507 e. The second-order valence-electron chi connectivity index (χ2n) is 9.44. The number of carbonyl (C=O) groups excluding carboxylic acids is 3. The molecule has 0 saturated carbocycles. The fraction of sp³-hybridized carbons (Fsp3) is 0.355. The highest BCUT2D eigenvalue weighted by atomic mass is 32.1. The molecule has 4 rings (SSSR count). The summed E-state index contributed by atoms with van der Waals surface area (Å²) < 4.78 is 16.6. The number of Topliss-reactive ketones (excluding diaryl/α,β-unsaturated/α-hetero) is 1. The smallest absolute Gasteiger partial charge is 0.350 e. The number of amides is 1. The molecular weight excluding hydrogens is 544 g/mol. The topological polar surface area (TPSA) is 115 Å². The number of rotatable bonds is 12. The number of esters is 1. The summed E-state index contributed by atoms with van der Waals surface area (Å²) in [6, 6.07) is 12.7. The molecule has 2 heterocycles. The van der Waals surface area contributed by atoms with Crippen LogP contribution in [0, 0.1) is 6.92 Å². The minimum atomic E-state index is -0.990. The molecule has 1 aliphatic rings. The number of unbranched alkanes of at least 4 members (excludes halogenated alkanes) is 1. The van der Waals surface area contributed by atoms with E-state index in [9.17, 15) is 19.5 Å². The van der Waals surface area contributed by atoms with E-state index >= 15 is 0 Å². The molecule has 3 aromatic rings. The first kappa shape index (κ1) is 29.8. The standard InChI is InChI=1S/C31H34N2O7S/c1-5-8-18-40-23-15-11-21(12-16-23)26(34)24-25(20-9-13-22(14-10-20)39-17-6-2)33(29(36)27(24)35)31-32-19(4)28(41-31)30(37)38-7-3/h9-16,25,34H,5-8,17-18H2,1-4H3/t25-/m1/s1. The molecule has 10 heteroatoms. The molecule has 1 aromatic heterocycles. The maximum absolute atomic E-state index is 13.5. The number of carbonyl (C=O) groups is 3. The highest BCUT2D eigenvalue weighted by molar-refractivity contribution is 7.17. The van der Waals surface area contributed by atoms with Crippen molar-refractivity contribution < 1.29 is 33.7 Å². The Kier molecular flexibility index (Phi) is 9.78. The maximum Gasteiger partial charge on any atom is 0.350 e. The molecule has 1 aliphatic heterocycles. The number of benzene rings is 2. The normalized spacial score (nSPS) is 16.2. The van der Waals surface area contributed by atoms with Crippen LogP contribution < -0.4 is 14.4 Å². The van der Waals surface area contributed by atoms with Gasteiger partial charge in [-0.1, -0.05) is 43.7 Å². The van der Waals surface area contributed by atoms with Gasteiger partial charge in [-0.05, 0) is 68.7 Å². The average molecular weight is 579 g/mol. The van der Waals surface area contributed by atoms with E-state index < -0.39 is 23.7 Å². The van der Waals surface area contributed by atoms with E-state index in [0.717, 1.165) is 30.6 Å². The number of hydrogen-bond acceptors (Lipinski definition) is 9. The van der Waals surface area contributed by atoms with Crippen LogP contribution in [-0.2, 0) is 14.3 Å². The van der Waals surface area contributed by atoms with E-state index in [1.54, 1.807) is 62.4 Å². The average Bonchev–Trinajstić information content (AvgIpc) is 3.48. The minimum Gasteiger partial charge on any atom is -0.507 e. The molecule has 1 N–H and O–H groups in total. The second-order valence-corrected chi connectivity index (χ2v) is 10.4. The van der Waals surface area contributed by atoms with Gasteiger partial charge in [0.1, 0.15) is 22.1 Å². The minimum absolute atomic E-state index is 0.0811. The highest BCUT2D eigenvalue weighted by Crippen LogP contribution is 2.44. The first-order chi connectivity index (χ1) is 19.8. The fourth-order valence-corrected chi connectivity index (χ4v) is 5.37. The molecule has 1 saturated heterocycles. The van der Waals surface area contributed by atoms with Crippen molar-refractivity contribution in [1.82, 2.24) is 4.98 Å². The fourth-order valence-electron chi connectivity index (χ4n) is 4.38. The molecule has 216 valence electrons. The molecule has 1 atom stereocenters. The molecule has 0 spiro atoms. The van der Waals surface area contributed by atoms with Gasteiger partial charge in [0.2, 0.25) is 0 Å². The Morgan fingerprint density at radius 2 is 1.59 bits per heavy atom. The Morgan fingerprint density at radius 1 is 0.951 bits per heavy atom. The van der Waals surface area contributed by atoms with E-state index in [4.69, 9.17) is 14.2 Å². The molecule has 1 amide bonds. The van der Waals surface area contributed by atoms with Crippen molar-refractivity contribution in [3.05, 3.63) is 75.8 Å². The molecular formula is C31H34N2O7S. The highest BCUT2D eigenvalue weighted by Gasteiger charge is 2.48. The van der Waals surface area contributed by atoms with Crippen molar-refractivity contribution in [2.24, 2.45) is 0 Å². The summed E-state index contributed by atoms with van der Waals surface area (Å²) in [5, 5.41) is 11.6. The van der Waals surface area contributed by atoms with Crippen LogP contribution in [0.4, 0.5) is 5.13 Å². The number of aromatic nitrogens is 1. The number of aliphatic hydroxyl groups excluding tert-OH is 1. The van der Waals surface area contributed by atoms with Crippen molar-refractivity contribution in [3.63, 3.8) is 0 Å². The van der Waals surface area contributed by atoms with Gasteiger partial charge in [-0.2, -0.15) is 0 Å². The lowest BCUT2D eigenvalue weighted by Gasteiger charge is -2.23. The Bertz CT molecular complexity index is 1430. The van der Waals surface area contributed by atoms with Crippen LogP contribution in [0.15, 0.2) is 54.1 Å². The van der Waals surface area contributed by atoms with Crippen LogP contribution in [0.1, 0.15) is 72.6 Å². The van der Waals surface area contributed by atoms with Gasteiger partial charge in [0, 0.05) is 5.56 Å². The molecule has 1 fully saturated rings. The van der Waals surface area contributed by atoms with Gasteiger partial charge in [-0.15, -0.1) is 0 Å². The summed E-state index contributed by atoms with van der Waals surface area (Å²) in [7, 11) is 0. The van der Waals surface area contributed by atoms with Crippen LogP contribution in [0.3, 0.4) is 0 Å². The zero-order valence-corrected chi connectivity index (χ0v) is 24.5. The molecule has 2 aromatic carbocycles. The lowest BCUT2D eigenvalue weighted by atomic mass is 9.95. The van der Waals surface area contributed by atoms with Crippen molar-refractivity contribution in [2.75, 3.05) is 24.7 Å². The summed E-state index contributed by atoms with van der Waals surface area (Å²) in [6.45, 7) is 8.73. The molecule has 9 nitrogen and oxygen atoms in total. The van der Waals surface area contributed by atoms with Crippen LogP contribution in [0.25, 0.3) is 5.76 Å². The zero-order valence-electron chi connectivity index (χ0n) is 23.6. The van der Waals surface area contributed by atoms with Crippen LogP contribution in [-0.4, -0.2) is 47.6 Å². The van der Waals surface area contributed by atoms with E-state index in [1.165, 1.54) is 4.90 Å². The molecule has 0 unspecified atom stereocenters. The third-order valence-electron chi connectivity index (χ3n) is 6.46. The first-order valence-corrected chi connectivity index (χ1v) is 14.5. The molecule has 0 bridgehead atoms. The summed E-state index contributed by atoms with van der Waals surface area (Å²) >= 11 is 0.966. The number of anilines is 1. The number of nitrogens with zero attached hydrogens (tertiary/aromatic N) is 2. The van der Waals surface area contributed by atoms with E-state index in [2.05, 4.69) is 11.9 Å². The summed E-state index contributed by atoms with van der Waals surface area (Å²) in [6.07, 6.45) is 2.77. The monoisotopic (exact) mass is 578 g/mol. The number of ketones is 1. The van der Waals surface area contributed by atoms with Crippen molar-refractivity contribution in [2.45, 2.75) is 53.0 Å². The first-order valence-electron chi connectivity index (χ1n) is 13.7. The van der Waals surface area contributed by atoms with Crippen LogP contribution in [0.2, 0.25) is 0 Å². The number of thiazole rings is 1. The predicted octanol–water partition coefficient (Wildman–Crippen LogP) is 6.22. The van der Waals surface area contributed by atoms with Gasteiger partial charge in [-0.3, -0.25) is 14.5 Å². The van der Waals surface area contributed by atoms with Gasteiger partial charge in [0.15, 0.2) is 5.13 Å². The van der Waals surface area contributed by atoms with Gasteiger partial charge in [-0.25, -0.2) is 9.78 Å². The molecule has 41 heavy (non-hydrogen) atoms. The Labute approximate surface area is 243 Å². The van der Waals surface area contributed by atoms with Crippen molar-refractivity contribution >= 4 is 39.9 Å². The number of ether oxygens (including phenoxy) is 3. The number of aliphatic hydroxyl groups is 1. The van der Waals surface area contributed by atoms with Crippen LogP contribution in [0.5, 0.6) is 11.5 Å². The van der Waals surface area contributed by atoms with Crippen LogP contribution >= 0.6 is 11.3 Å². The lowest BCUT2D eigenvalue weighted by molar-refractivity contribution is -0.132. The lowest BCUT2D eigenvalue weighted by Crippen LogP contribution is -2.29.